The Morgan fingerprint density at radius 2 is 1.82 bits per heavy atom. The number of para-hydroxylation sites is 1. The Morgan fingerprint density at radius 1 is 1.15 bits per heavy atom. The van der Waals surface area contributed by atoms with Gasteiger partial charge in [0, 0.05) is 5.69 Å². The van der Waals surface area contributed by atoms with Crippen LogP contribution in [0.25, 0.3) is 0 Å². The summed E-state index contributed by atoms with van der Waals surface area (Å²) in [4.78, 5) is 40.0. The molecule has 0 aromatic heterocycles. The normalized spacial score (nSPS) is 12.6. The number of phenols is 1. The van der Waals surface area contributed by atoms with Crippen LogP contribution in [0, 0.1) is 18.3 Å². The van der Waals surface area contributed by atoms with Gasteiger partial charge in [0.05, 0.1) is 6.07 Å². The number of rotatable bonds is 7. The number of aryl methyl sites for hydroxylation is 1. The highest BCUT2D eigenvalue weighted by atomic mass is 16.6. The van der Waals surface area contributed by atoms with Crippen molar-refractivity contribution in [3.05, 3.63) is 59.7 Å². The third-order valence-electron chi connectivity index (χ3n) is 4.78. The van der Waals surface area contributed by atoms with E-state index in [2.05, 4.69) is 10.6 Å². The number of carbonyl (C=O) groups excluding carboxylic acids is 3. The van der Waals surface area contributed by atoms with Crippen LogP contribution in [0.3, 0.4) is 0 Å². The standard InChI is InChI=1S/C25H30N4O5/c1-16-9-6-7-12-20(16)28-22(31)21(18-10-8-11-19(30)15-18)29(14-13-26)23(32)17(2)27-24(33)34-25(3,4)5/h6-12,15,17,21,30H,14H2,1-5H3,(H,27,33)(H,28,31). The molecule has 0 fully saturated rings. The van der Waals surface area contributed by atoms with Gasteiger partial charge in [-0.3, -0.25) is 9.59 Å². The minimum atomic E-state index is -1.25. The summed E-state index contributed by atoms with van der Waals surface area (Å²) in [7, 11) is 0. The summed E-state index contributed by atoms with van der Waals surface area (Å²) >= 11 is 0. The number of aromatic hydroxyl groups is 1. The maximum Gasteiger partial charge on any atom is 0.408 e. The van der Waals surface area contributed by atoms with Gasteiger partial charge in [0.1, 0.15) is 30.0 Å². The van der Waals surface area contributed by atoms with E-state index in [9.17, 15) is 24.8 Å². The second kappa shape index (κ2) is 11.2. The molecule has 34 heavy (non-hydrogen) atoms. The highest BCUT2D eigenvalue weighted by Crippen LogP contribution is 2.27. The molecule has 3 amide bonds. The first-order valence-electron chi connectivity index (χ1n) is 10.8. The third kappa shape index (κ3) is 7.24. The number of benzene rings is 2. The van der Waals surface area contributed by atoms with Crippen LogP contribution in [0.15, 0.2) is 48.5 Å². The molecule has 180 valence electrons. The zero-order chi connectivity index (χ0) is 25.5. The Bertz CT molecular complexity index is 1090. The summed E-state index contributed by atoms with van der Waals surface area (Å²) in [6.45, 7) is 7.90. The minimum absolute atomic E-state index is 0.101. The molecule has 3 N–H and O–H groups in total. The zero-order valence-electron chi connectivity index (χ0n) is 20.0. The molecule has 2 atom stereocenters. The molecule has 2 aromatic carbocycles. The number of nitrogens with one attached hydrogen (secondary N) is 2. The molecule has 2 rings (SSSR count). The molecule has 0 saturated carbocycles. The number of anilines is 1. The van der Waals surface area contributed by atoms with Gasteiger partial charge in [-0.05, 0) is 63.9 Å². The van der Waals surface area contributed by atoms with Gasteiger partial charge in [-0.2, -0.15) is 5.26 Å². The van der Waals surface area contributed by atoms with Gasteiger partial charge in [-0.1, -0.05) is 30.3 Å². The zero-order valence-corrected chi connectivity index (χ0v) is 20.0. The molecule has 0 aliphatic carbocycles. The van der Waals surface area contributed by atoms with Crippen molar-refractivity contribution in [2.24, 2.45) is 0 Å². The van der Waals surface area contributed by atoms with Crippen LogP contribution in [-0.4, -0.2) is 46.1 Å². The Morgan fingerprint density at radius 3 is 2.41 bits per heavy atom. The van der Waals surface area contributed by atoms with Gasteiger partial charge in [0.2, 0.25) is 5.91 Å². The minimum Gasteiger partial charge on any atom is -0.508 e. The summed E-state index contributed by atoms with van der Waals surface area (Å²) in [5.74, 6) is -1.34. The first kappa shape index (κ1) is 26.2. The van der Waals surface area contributed by atoms with E-state index in [4.69, 9.17) is 4.74 Å². The second-order valence-corrected chi connectivity index (χ2v) is 8.79. The van der Waals surface area contributed by atoms with Crippen molar-refractivity contribution >= 4 is 23.6 Å². The lowest BCUT2D eigenvalue weighted by Crippen LogP contribution is -2.51. The Labute approximate surface area is 199 Å². The fourth-order valence-corrected chi connectivity index (χ4v) is 3.25. The molecule has 0 spiro atoms. The van der Waals surface area contributed by atoms with Crippen molar-refractivity contribution in [1.29, 1.82) is 5.26 Å². The molecular formula is C25H30N4O5. The highest BCUT2D eigenvalue weighted by molar-refractivity contribution is 5.99. The van der Waals surface area contributed by atoms with Gasteiger partial charge in [-0.25, -0.2) is 4.79 Å². The van der Waals surface area contributed by atoms with Crippen LogP contribution in [0.2, 0.25) is 0 Å². The predicted octanol–water partition coefficient (Wildman–Crippen LogP) is 3.65. The maximum atomic E-state index is 13.4. The topological polar surface area (TPSA) is 132 Å². The van der Waals surface area contributed by atoms with Crippen molar-refractivity contribution in [2.45, 2.75) is 52.3 Å². The SMILES string of the molecule is Cc1ccccc1NC(=O)C(c1cccc(O)c1)N(CC#N)C(=O)C(C)NC(=O)OC(C)(C)C. The van der Waals surface area contributed by atoms with Gasteiger partial charge >= 0.3 is 6.09 Å². The lowest BCUT2D eigenvalue weighted by molar-refractivity contribution is -0.139. The monoisotopic (exact) mass is 466 g/mol. The molecule has 0 aliphatic heterocycles. The summed E-state index contributed by atoms with van der Waals surface area (Å²) in [6, 6.07) is 12.6. The summed E-state index contributed by atoms with van der Waals surface area (Å²) in [5.41, 5.74) is 0.890. The summed E-state index contributed by atoms with van der Waals surface area (Å²) < 4.78 is 5.20. The number of amides is 3. The third-order valence-corrected chi connectivity index (χ3v) is 4.78. The molecule has 2 unspecified atom stereocenters. The first-order valence-corrected chi connectivity index (χ1v) is 10.8. The largest absolute Gasteiger partial charge is 0.508 e. The van der Waals surface area contributed by atoms with Crippen molar-refractivity contribution in [1.82, 2.24) is 10.2 Å². The van der Waals surface area contributed by atoms with Crippen LogP contribution in [0.4, 0.5) is 10.5 Å². The molecule has 0 heterocycles. The van der Waals surface area contributed by atoms with Gasteiger partial charge in [0.25, 0.3) is 5.91 Å². The van der Waals surface area contributed by atoms with Crippen LogP contribution in [0.5, 0.6) is 5.75 Å². The number of nitrogens with zero attached hydrogens (tertiary/aromatic N) is 2. The van der Waals surface area contributed by atoms with Crippen molar-refractivity contribution < 1.29 is 24.2 Å². The molecule has 0 aliphatic rings. The average molecular weight is 467 g/mol. The van der Waals surface area contributed by atoms with Crippen LogP contribution < -0.4 is 10.6 Å². The quantitative estimate of drug-likeness (QED) is 0.534. The maximum absolute atomic E-state index is 13.4. The second-order valence-electron chi connectivity index (χ2n) is 8.79. The first-order chi connectivity index (χ1) is 15.9. The molecule has 2 aromatic rings. The van der Waals surface area contributed by atoms with E-state index < -0.39 is 42.1 Å². The van der Waals surface area contributed by atoms with E-state index in [0.717, 1.165) is 10.5 Å². The predicted molar refractivity (Wildman–Crippen MR) is 127 cm³/mol. The molecular weight excluding hydrogens is 436 g/mol. The fourth-order valence-electron chi connectivity index (χ4n) is 3.25. The number of ether oxygens (including phenoxy) is 1. The molecule has 9 nitrogen and oxygen atoms in total. The number of phenolic OH excluding ortho intramolecular Hbond substituents is 1. The van der Waals surface area contributed by atoms with Gasteiger partial charge in [0.15, 0.2) is 0 Å². The Balaban J connectivity index is 2.41. The average Bonchev–Trinajstić information content (AvgIpc) is 2.73. The number of alkyl carbamates (subject to hydrolysis) is 1. The van der Waals surface area contributed by atoms with E-state index >= 15 is 0 Å². The molecule has 0 bridgehead atoms. The number of hydrogen-bond donors (Lipinski definition) is 3. The lowest BCUT2D eigenvalue weighted by atomic mass is 10.0. The number of hydrogen-bond acceptors (Lipinski definition) is 6. The van der Waals surface area contributed by atoms with E-state index in [0.29, 0.717) is 11.3 Å². The van der Waals surface area contributed by atoms with Crippen molar-refractivity contribution in [3.8, 4) is 11.8 Å². The van der Waals surface area contributed by atoms with Gasteiger partial charge in [-0.15, -0.1) is 0 Å². The number of carbonyl (C=O) groups is 3. The number of nitriles is 1. The lowest BCUT2D eigenvalue weighted by Gasteiger charge is -2.32. The van der Waals surface area contributed by atoms with Gasteiger partial charge < -0.3 is 25.4 Å². The highest BCUT2D eigenvalue weighted by Gasteiger charge is 2.35. The molecule has 0 radical (unpaired) electrons. The van der Waals surface area contributed by atoms with Crippen LogP contribution in [-0.2, 0) is 14.3 Å². The summed E-state index contributed by atoms with van der Waals surface area (Å²) in [6.07, 6.45) is -0.802. The van der Waals surface area contributed by atoms with Crippen molar-refractivity contribution in [3.63, 3.8) is 0 Å². The fraction of sp³-hybridized carbons (Fsp3) is 0.360. The van der Waals surface area contributed by atoms with E-state index in [1.54, 1.807) is 39.0 Å². The van der Waals surface area contributed by atoms with E-state index in [-0.39, 0.29) is 5.75 Å². The smallest absolute Gasteiger partial charge is 0.408 e. The van der Waals surface area contributed by atoms with E-state index in [1.807, 2.05) is 25.1 Å². The summed E-state index contributed by atoms with van der Waals surface area (Å²) in [5, 5.41) is 24.7. The van der Waals surface area contributed by atoms with Crippen molar-refractivity contribution in [2.75, 3.05) is 11.9 Å². The molecule has 9 heteroatoms. The van der Waals surface area contributed by atoms with Crippen LogP contribution >= 0.6 is 0 Å². The Hall–Kier alpha value is -4.06. The molecule has 0 saturated heterocycles. The van der Waals surface area contributed by atoms with Crippen LogP contribution in [0.1, 0.15) is 44.9 Å². The Kier molecular flexibility index (Phi) is 8.62. The van der Waals surface area contributed by atoms with E-state index in [1.165, 1.54) is 25.1 Å².